The van der Waals surface area contributed by atoms with Gasteiger partial charge in [-0.25, -0.2) is 0 Å². The minimum absolute atomic E-state index is 0.0680. The monoisotopic (exact) mass is 400 g/mol. The summed E-state index contributed by atoms with van der Waals surface area (Å²) in [6.07, 6.45) is 7.13. The molecular weight excluding hydrogens is 372 g/mol. The molecule has 1 aromatic carbocycles. The van der Waals surface area contributed by atoms with E-state index in [0.29, 0.717) is 23.9 Å². The smallest absolute Gasteiger partial charge is 0.258 e. The van der Waals surface area contributed by atoms with Gasteiger partial charge in [-0.15, -0.1) is 0 Å². The number of methoxy groups -OCH3 is 1. The normalized spacial score (nSPS) is 17.8. The van der Waals surface area contributed by atoms with Crippen molar-refractivity contribution in [2.45, 2.75) is 57.7 Å². The van der Waals surface area contributed by atoms with Crippen LogP contribution in [0.15, 0.2) is 29.1 Å². The first kappa shape index (κ1) is 19.2. The predicted molar refractivity (Wildman–Crippen MR) is 113 cm³/mol. The molecule has 2 N–H and O–H groups in total. The number of anilines is 1. The number of aromatic nitrogens is 2. The molecule has 0 atom stereocenters. The molecule has 1 aliphatic carbocycles. The van der Waals surface area contributed by atoms with E-state index in [-0.39, 0.29) is 5.56 Å². The summed E-state index contributed by atoms with van der Waals surface area (Å²) in [5.41, 5.74) is 1.86. The Bertz CT molecular complexity index is 946. The number of H-pyrrole nitrogens is 1. The highest BCUT2D eigenvalue weighted by atomic mass is 32.1. The van der Waals surface area contributed by atoms with Gasteiger partial charge in [0.25, 0.3) is 5.56 Å². The van der Waals surface area contributed by atoms with Crippen molar-refractivity contribution in [3.8, 4) is 5.75 Å². The van der Waals surface area contributed by atoms with E-state index in [0.717, 1.165) is 35.8 Å². The van der Waals surface area contributed by atoms with E-state index in [1.807, 2.05) is 22.8 Å². The van der Waals surface area contributed by atoms with E-state index in [2.05, 4.69) is 21.3 Å². The Hall–Kier alpha value is -2.12. The van der Waals surface area contributed by atoms with E-state index >= 15 is 0 Å². The van der Waals surface area contributed by atoms with Gasteiger partial charge in [-0.2, -0.15) is 0 Å². The van der Waals surface area contributed by atoms with Gasteiger partial charge in [-0.3, -0.25) is 14.7 Å². The molecular formula is C21H28N4O2S. The molecule has 0 spiro atoms. The fourth-order valence-electron chi connectivity index (χ4n) is 4.46. The van der Waals surface area contributed by atoms with Gasteiger partial charge in [-0.1, -0.05) is 37.5 Å². The molecule has 6 nitrogen and oxygen atoms in total. The quantitative estimate of drug-likeness (QED) is 0.750. The zero-order chi connectivity index (χ0) is 19.5. The first-order valence-electron chi connectivity index (χ1n) is 10.1. The molecule has 7 heteroatoms. The van der Waals surface area contributed by atoms with Crippen LogP contribution in [0.4, 0.5) is 5.82 Å². The van der Waals surface area contributed by atoms with Crippen LogP contribution in [-0.2, 0) is 19.5 Å². The minimum atomic E-state index is -0.0680. The Morgan fingerprint density at radius 2 is 2.00 bits per heavy atom. The van der Waals surface area contributed by atoms with Crippen molar-refractivity contribution in [3.63, 3.8) is 0 Å². The molecule has 2 heterocycles. The maximum Gasteiger partial charge on any atom is 0.258 e. The summed E-state index contributed by atoms with van der Waals surface area (Å²) in [5, 5.41) is 3.50. The summed E-state index contributed by atoms with van der Waals surface area (Å²) in [7, 11) is 1.69. The number of ether oxygens (including phenoxy) is 1. The van der Waals surface area contributed by atoms with E-state index in [9.17, 15) is 4.79 Å². The lowest BCUT2D eigenvalue weighted by Crippen LogP contribution is -2.45. The summed E-state index contributed by atoms with van der Waals surface area (Å²) < 4.78 is 7.96. The van der Waals surface area contributed by atoms with Crippen LogP contribution in [-0.4, -0.2) is 34.3 Å². The highest BCUT2D eigenvalue weighted by Crippen LogP contribution is 2.28. The third kappa shape index (κ3) is 3.86. The van der Waals surface area contributed by atoms with Gasteiger partial charge in [-0.05, 0) is 43.1 Å². The van der Waals surface area contributed by atoms with Crippen LogP contribution in [0.3, 0.4) is 0 Å². The number of para-hydroxylation sites is 1. The molecule has 0 unspecified atom stereocenters. The minimum Gasteiger partial charge on any atom is -0.496 e. The van der Waals surface area contributed by atoms with Gasteiger partial charge >= 0.3 is 0 Å². The van der Waals surface area contributed by atoms with Gasteiger partial charge in [0, 0.05) is 19.1 Å². The van der Waals surface area contributed by atoms with Crippen molar-refractivity contribution in [2.75, 3.05) is 19.1 Å². The second-order valence-corrected chi connectivity index (χ2v) is 8.06. The fraction of sp³-hybridized carbons (Fsp3) is 0.524. The predicted octanol–water partition coefficient (Wildman–Crippen LogP) is 3.67. The van der Waals surface area contributed by atoms with E-state index in [1.54, 1.807) is 7.11 Å². The average molecular weight is 401 g/mol. The number of aryl methyl sites for hydroxylation is 1. The Labute approximate surface area is 170 Å². The Balaban J connectivity index is 1.58. The van der Waals surface area contributed by atoms with Gasteiger partial charge in [0.15, 0.2) is 4.77 Å². The molecule has 0 radical (unpaired) electrons. The largest absolute Gasteiger partial charge is 0.496 e. The highest BCUT2D eigenvalue weighted by molar-refractivity contribution is 7.71. The van der Waals surface area contributed by atoms with E-state index in [1.165, 1.54) is 32.1 Å². The van der Waals surface area contributed by atoms with Gasteiger partial charge in [0.1, 0.15) is 11.6 Å². The Kier molecular flexibility index (Phi) is 5.82. The summed E-state index contributed by atoms with van der Waals surface area (Å²) in [6, 6.07) is 8.59. The van der Waals surface area contributed by atoms with Crippen molar-refractivity contribution in [3.05, 3.63) is 50.5 Å². The number of hydrogen-bond acceptors (Lipinski definition) is 5. The number of nitrogens with one attached hydrogen (secondary N) is 2. The zero-order valence-corrected chi connectivity index (χ0v) is 17.2. The maximum absolute atomic E-state index is 12.6. The van der Waals surface area contributed by atoms with Crippen LogP contribution in [0.1, 0.15) is 43.2 Å². The lowest BCUT2D eigenvalue weighted by Gasteiger charge is -2.38. The SMILES string of the molecule is COc1ccccc1CCn1c2c(c(=O)[nH]c1=S)CN(C1CCCCC1)CN2. The van der Waals surface area contributed by atoms with Crippen LogP contribution >= 0.6 is 12.2 Å². The first-order valence-corrected chi connectivity index (χ1v) is 10.5. The van der Waals surface area contributed by atoms with Crippen molar-refractivity contribution < 1.29 is 4.74 Å². The molecule has 0 bridgehead atoms. The molecule has 2 aliphatic rings. The topological polar surface area (TPSA) is 62.3 Å². The van der Waals surface area contributed by atoms with Gasteiger partial charge < -0.3 is 14.6 Å². The molecule has 1 saturated carbocycles. The maximum atomic E-state index is 12.6. The summed E-state index contributed by atoms with van der Waals surface area (Å²) in [5.74, 6) is 1.75. The van der Waals surface area contributed by atoms with E-state index < -0.39 is 0 Å². The van der Waals surface area contributed by atoms with E-state index in [4.69, 9.17) is 17.0 Å². The third-order valence-corrected chi connectivity index (χ3v) is 6.32. The number of nitrogens with zero attached hydrogens (tertiary/aromatic N) is 2. The molecule has 4 rings (SSSR count). The zero-order valence-electron chi connectivity index (χ0n) is 16.4. The molecule has 28 heavy (non-hydrogen) atoms. The Morgan fingerprint density at radius 1 is 1.21 bits per heavy atom. The van der Waals surface area contributed by atoms with Crippen molar-refractivity contribution in [1.29, 1.82) is 0 Å². The highest BCUT2D eigenvalue weighted by Gasteiger charge is 2.27. The van der Waals surface area contributed by atoms with Crippen molar-refractivity contribution in [1.82, 2.24) is 14.5 Å². The lowest BCUT2D eigenvalue weighted by atomic mass is 9.94. The first-order chi connectivity index (χ1) is 13.7. The average Bonchev–Trinajstić information content (AvgIpc) is 2.74. The van der Waals surface area contributed by atoms with Crippen LogP contribution in [0.2, 0.25) is 0 Å². The van der Waals surface area contributed by atoms with Crippen LogP contribution in [0.5, 0.6) is 5.75 Å². The third-order valence-electron chi connectivity index (χ3n) is 5.99. The molecule has 0 amide bonds. The summed E-state index contributed by atoms with van der Waals surface area (Å²) in [6.45, 7) is 2.14. The molecule has 2 aromatic rings. The molecule has 1 aromatic heterocycles. The van der Waals surface area contributed by atoms with Crippen LogP contribution in [0, 0.1) is 4.77 Å². The number of fused-ring (bicyclic) bond motifs is 1. The summed E-state index contributed by atoms with van der Waals surface area (Å²) >= 11 is 5.48. The molecule has 1 aliphatic heterocycles. The summed E-state index contributed by atoms with van der Waals surface area (Å²) in [4.78, 5) is 17.9. The van der Waals surface area contributed by atoms with Crippen LogP contribution in [0.25, 0.3) is 0 Å². The number of benzene rings is 1. The molecule has 0 saturated heterocycles. The standard InChI is InChI=1S/C21H28N4O2S/c1-27-18-10-6-5-7-15(18)11-12-25-19-17(20(26)23-21(25)28)13-24(14-22-19)16-8-3-2-4-9-16/h5-7,10,16,22H,2-4,8-9,11-14H2,1H3,(H,23,26,28). The Morgan fingerprint density at radius 3 is 2.79 bits per heavy atom. The fourth-order valence-corrected chi connectivity index (χ4v) is 4.73. The van der Waals surface area contributed by atoms with Crippen molar-refractivity contribution >= 4 is 18.0 Å². The molecule has 1 fully saturated rings. The second kappa shape index (κ2) is 8.49. The van der Waals surface area contributed by atoms with Crippen LogP contribution < -0.4 is 15.6 Å². The lowest BCUT2D eigenvalue weighted by molar-refractivity contribution is 0.152. The number of rotatable bonds is 5. The van der Waals surface area contributed by atoms with Crippen molar-refractivity contribution in [2.24, 2.45) is 0 Å². The second-order valence-electron chi connectivity index (χ2n) is 7.67. The number of aromatic amines is 1. The van der Waals surface area contributed by atoms with Gasteiger partial charge in [0.2, 0.25) is 0 Å². The number of hydrogen-bond donors (Lipinski definition) is 2. The molecule has 150 valence electrons. The van der Waals surface area contributed by atoms with Gasteiger partial charge in [0.05, 0.1) is 19.3 Å².